The highest BCUT2D eigenvalue weighted by molar-refractivity contribution is 6.30. The van der Waals surface area contributed by atoms with Crippen LogP contribution in [0.4, 0.5) is 11.5 Å². The number of hydrogen-bond donors (Lipinski definition) is 1. The van der Waals surface area contributed by atoms with Crippen LogP contribution < -0.4 is 5.32 Å². The Hall–Kier alpha value is -2.14. The number of carbonyl (C=O) groups excluding carboxylic acids is 1. The van der Waals surface area contributed by atoms with Gasteiger partial charge in [-0.2, -0.15) is 0 Å². The van der Waals surface area contributed by atoms with Crippen LogP contribution in [-0.4, -0.2) is 34.1 Å². The third-order valence-corrected chi connectivity index (χ3v) is 4.11. The zero-order valence-electron chi connectivity index (χ0n) is 12.8. The quantitative estimate of drug-likeness (QED) is 0.927. The molecule has 1 saturated heterocycles. The van der Waals surface area contributed by atoms with Crippen molar-refractivity contribution in [2.45, 2.75) is 25.7 Å². The van der Waals surface area contributed by atoms with E-state index in [1.165, 1.54) is 12.8 Å². The standard InChI is InChI=1S/C17H19ClN4O/c18-13-6-5-7-14(12-13)19-16-9-8-15(20-21-16)17(23)22-10-3-1-2-4-11-22/h5-9,12H,1-4,10-11H2,(H,19,21). The molecule has 0 saturated carbocycles. The Labute approximate surface area is 140 Å². The zero-order chi connectivity index (χ0) is 16.1. The third-order valence-electron chi connectivity index (χ3n) is 3.87. The van der Waals surface area contributed by atoms with Crippen LogP contribution in [0.1, 0.15) is 36.2 Å². The minimum absolute atomic E-state index is 0.0336. The second-order valence-electron chi connectivity index (χ2n) is 5.65. The molecule has 1 amide bonds. The smallest absolute Gasteiger partial charge is 0.274 e. The highest BCUT2D eigenvalue weighted by Gasteiger charge is 2.18. The maximum Gasteiger partial charge on any atom is 0.274 e. The molecule has 3 rings (SSSR count). The molecular weight excluding hydrogens is 312 g/mol. The largest absolute Gasteiger partial charge is 0.339 e. The monoisotopic (exact) mass is 330 g/mol. The predicted octanol–water partition coefficient (Wildman–Crippen LogP) is 3.89. The fraction of sp³-hybridized carbons (Fsp3) is 0.353. The molecule has 1 aliphatic heterocycles. The fourth-order valence-electron chi connectivity index (χ4n) is 2.66. The molecule has 1 fully saturated rings. The van der Waals surface area contributed by atoms with E-state index in [1.54, 1.807) is 24.3 Å². The molecule has 5 nitrogen and oxygen atoms in total. The molecule has 0 bridgehead atoms. The first-order chi connectivity index (χ1) is 11.2. The lowest BCUT2D eigenvalue weighted by Crippen LogP contribution is -2.32. The van der Waals surface area contributed by atoms with Crippen molar-refractivity contribution >= 4 is 29.0 Å². The van der Waals surface area contributed by atoms with Crippen molar-refractivity contribution in [1.82, 2.24) is 15.1 Å². The Kier molecular flexibility index (Phi) is 5.08. The Balaban J connectivity index is 1.67. The van der Waals surface area contributed by atoms with E-state index in [9.17, 15) is 4.79 Å². The highest BCUT2D eigenvalue weighted by Crippen LogP contribution is 2.19. The number of likely N-dealkylation sites (tertiary alicyclic amines) is 1. The lowest BCUT2D eigenvalue weighted by Gasteiger charge is -2.19. The molecule has 2 heterocycles. The van der Waals surface area contributed by atoms with E-state index in [0.717, 1.165) is 31.6 Å². The van der Waals surface area contributed by atoms with E-state index in [4.69, 9.17) is 11.6 Å². The number of benzene rings is 1. The van der Waals surface area contributed by atoms with E-state index in [1.807, 2.05) is 17.0 Å². The molecule has 1 aromatic carbocycles. The van der Waals surface area contributed by atoms with Crippen LogP contribution in [0, 0.1) is 0 Å². The molecule has 0 unspecified atom stereocenters. The van der Waals surface area contributed by atoms with Crippen molar-refractivity contribution in [2.24, 2.45) is 0 Å². The molecule has 23 heavy (non-hydrogen) atoms. The fourth-order valence-corrected chi connectivity index (χ4v) is 2.85. The lowest BCUT2D eigenvalue weighted by molar-refractivity contribution is 0.0754. The molecule has 0 radical (unpaired) electrons. The number of carbonyl (C=O) groups is 1. The van der Waals surface area contributed by atoms with Gasteiger partial charge < -0.3 is 10.2 Å². The third kappa shape index (κ3) is 4.20. The molecule has 2 aromatic rings. The first kappa shape index (κ1) is 15.7. The van der Waals surface area contributed by atoms with Gasteiger partial charge in [0.25, 0.3) is 5.91 Å². The van der Waals surface area contributed by atoms with Gasteiger partial charge in [0.15, 0.2) is 11.5 Å². The van der Waals surface area contributed by atoms with Gasteiger partial charge >= 0.3 is 0 Å². The van der Waals surface area contributed by atoms with Crippen molar-refractivity contribution in [1.29, 1.82) is 0 Å². The lowest BCUT2D eigenvalue weighted by atomic mass is 10.2. The maximum absolute atomic E-state index is 12.5. The number of nitrogens with one attached hydrogen (secondary N) is 1. The van der Waals surface area contributed by atoms with Crippen LogP contribution in [0.3, 0.4) is 0 Å². The van der Waals surface area contributed by atoms with Crippen molar-refractivity contribution in [3.05, 3.63) is 47.1 Å². The van der Waals surface area contributed by atoms with Gasteiger partial charge in [0.2, 0.25) is 0 Å². The first-order valence-corrected chi connectivity index (χ1v) is 8.26. The van der Waals surface area contributed by atoms with E-state index < -0.39 is 0 Å². The summed E-state index contributed by atoms with van der Waals surface area (Å²) in [4.78, 5) is 14.3. The summed E-state index contributed by atoms with van der Waals surface area (Å²) >= 11 is 5.95. The minimum Gasteiger partial charge on any atom is -0.339 e. The summed E-state index contributed by atoms with van der Waals surface area (Å²) in [6.07, 6.45) is 4.51. The summed E-state index contributed by atoms with van der Waals surface area (Å²) in [5.74, 6) is 0.549. The molecular formula is C17H19ClN4O. The number of aromatic nitrogens is 2. The summed E-state index contributed by atoms with van der Waals surface area (Å²) in [5, 5.41) is 11.9. The summed E-state index contributed by atoms with van der Waals surface area (Å²) < 4.78 is 0. The molecule has 1 aliphatic rings. The molecule has 1 N–H and O–H groups in total. The van der Waals surface area contributed by atoms with Crippen molar-refractivity contribution < 1.29 is 4.79 Å². The molecule has 6 heteroatoms. The Bertz CT molecular complexity index is 667. The van der Waals surface area contributed by atoms with Gasteiger partial charge in [-0.1, -0.05) is 30.5 Å². The first-order valence-electron chi connectivity index (χ1n) is 7.88. The number of rotatable bonds is 3. The normalized spacial score (nSPS) is 15.1. The molecule has 0 spiro atoms. The van der Waals surface area contributed by atoms with Gasteiger partial charge in [0.1, 0.15) is 0 Å². The summed E-state index contributed by atoms with van der Waals surface area (Å²) in [6.45, 7) is 1.62. The van der Waals surface area contributed by atoms with Gasteiger partial charge in [-0.3, -0.25) is 4.79 Å². The maximum atomic E-state index is 12.5. The number of halogens is 1. The summed E-state index contributed by atoms with van der Waals surface area (Å²) in [7, 11) is 0. The second kappa shape index (κ2) is 7.42. The predicted molar refractivity (Wildman–Crippen MR) is 91.1 cm³/mol. The van der Waals surface area contributed by atoms with E-state index in [0.29, 0.717) is 16.5 Å². The van der Waals surface area contributed by atoms with Crippen molar-refractivity contribution in [3.63, 3.8) is 0 Å². The van der Waals surface area contributed by atoms with Gasteiger partial charge in [-0.05, 0) is 43.2 Å². The number of nitrogens with zero attached hydrogens (tertiary/aromatic N) is 3. The van der Waals surface area contributed by atoms with Crippen molar-refractivity contribution in [2.75, 3.05) is 18.4 Å². The van der Waals surface area contributed by atoms with Gasteiger partial charge in [-0.15, -0.1) is 10.2 Å². The summed E-state index contributed by atoms with van der Waals surface area (Å²) in [6, 6.07) is 10.8. The van der Waals surface area contributed by atoms with E-state index in [-0.39, 0.29) is 5.91 Å². The average Bonchev–Trinajstić information content (AvgIpc) is 2.84. The van der Waals surface area contributed by atoms with Gasteiger partial charge in [-0.25, -0.2) is 0 Å². The molecule has 1 aromatic heterocycles. The van der Waals surface area contributed by atoms with Crippen molar-refractivity contribution in [3.8, 4) is 0 Å². The number of hydrogen-bond acceptors (Lipinski definition) is 4. The van der Waals surface area contributed by atoms with E-state index >= 15 is 0 Å². The molecule has 0 aliphatic carbocycles. The average molecular weight is 331 g/mol. The van der Waals surface area contributed by atoms with Crippen LogP contribution in [0.5, 0.6) is 0 Å². The highest BCUT2D eigenvalue weighted by atomic mass is 35.5. The molecule has 120 valence electrons. The van der Waals surface area contributed by atoms with Crippen LogP contribution in [0.25, 0.3) is 0 Å². The Morgan fingerprint density at radius 1 is 1.04 bits per heavy atom. The van der Waals surface area contributed by atoms with Crippen LogP contribution in [0.2, 0.25) is 5.02 Å². The Morgan fingerprint density at radius 2 is 1.83 bits per heavy atom. The van der Waals surface area contributed by atoms with Crippen LogP contribution in [0.15, 0.2) is 36.4 Å². The van der Waals surface area contributed by atoms with Gasteiger partial charge in [0.05, 0.1) is 0 Å². The number of amides is 1. The van der Waals surface area contributed by atoms with Crippen LogP contribution in [-0.2, 0) is 0 Å². The molecule has 0 atom stereocenters. The number of anilines is 2. The van der Waals surface area contributed by atoms with Gasteiger partial charge in [0, 0.05) is 23.8 Å². The SMILES string of the molecule is O=C(c1ccc(Nc2cccc(Cl)c2)nn1)N1CCCCCC1. The minimum atomic E-state index is -0.0336. The van der Waals surface area contributed by atoms with Crippen LogP contribution >= 0.6 is 11.6 Å². The second-order valence-corrected chi connectivity index (χ2v) is 6.08. The zero-order valence-corrected chi connectivity index (χ0v) is 13.6. The van der Waals surface area contributed by atoms with E-state index in [2.05, 4.69) is 15.5 Å². The Morgan fingerprint density at radius 3 is 2.48 bits per heavy atom. The summed E-state index contributed by atoms with van der Waals surface area (Å²) in [5.41, 5.74) is 1.22. The topological polar surface area (TPSA) is 58.1 Å².